The van der Waals surface area contributed by atoms with Crippen molar-refractivity contribution in [3.63, 3.8) is 0 Å². The van der Waals surface area contributed by atoms with Crippen molar-refractivity contribution in [1.82, 2.24) is 0 Å². The highest BCUT2D eigenvalue weighted by Crippen LogP contribution is 2.35. The maximum absolute atomic E-state index is 13.2. The summed E-state index contributed by atoms with van der Waals surface area (Å²) in [6.45, 7) is 0. The van der Waals surface area contributed by atoms with Gasteiger partial charge in [0.1, 0.15) is 23.1 Å². The Morgan fingerprint density at radius 2 is 1.70 bits per heavy atom. The van der Waals surface area contributed by atoms with Gasteiger partial charge < -0.3 is 4.74 Å². The molecule has 1 aliphatic rings. The van der Waals surface area contributed by atoms with Crippen molar-refractivity contribution < 1.29 is 13.5 Å². The molecule has 0 saturated carbocycles. The highest BCUT2D eigenvalue weighted by Gasteiger charge is 2.20. The minimum Gasteiger partial charge on any atom is -0.457 e. The first-order valence-corrected chi connectivity index (χ1v) is 6.36. The summed E-state index contributed by atoms with van der Waals surface area (Å²) in [6, 6.07) is 8.62. The molecule has 3 rings (SSSR count). The van der Waals surface area contributed by atoms with Crippen LogP contribution in [0.3, 0.4) is 0 Å². The number of benzene rings is 2. The van der Waals surface area contributed by atoms with Crippen molar-refractivity contribution in [1.29, 1.82) is 5.26 Å². The van der Waals surface area contributed by atoms with Gasteiger partial charge in [-0.1, -0.05) is 0 Å². The van der Waals surface area contributed by atoms with E-state index in [9.17, 15) is 8.78 Å². The Hall–Kier alpha value is -2.41. The average Bonchev–Trinajstić information content (AvgIpc) is 2.87. The number of nitrogens with zero attached hydrogens (tertiary/aromatic N) is 1. The standard InChI is InChI=1S/C16H11F2NO/c17-11-6-12(18)8-13(7-11)20-16-5-4-10(9-19)14-2-1-3-15(14)16/h4-8H,1-3H2. The number of hydrogen-bond donors (Lipinski definition) is 0. The lowest BCUT2D eigenvalue weighted by atomic mass is 10.0. The van der Waals surface area contributed by atoms with Gasteiger partial charge in [0.05, 0.1) is 11.6 Å². The number of rotatable bonds is 2. The van der Waals surface area contributed by atoms with Gasteiger partial charge in [-0.3, -0.25) is 0 Å². The number of nitriles is 1. The van der Waals surface area contributed by atoms with Crippen molar-refractivity contribution in [3.8, 4) is 17.6 Å². The third kappa shape index (κ3) is 2.23. The molecular weight excluding hydrogens is 260 g/mol. The van der Waals surface area contributed by atoms with Crippen molar-refractivity contribution in [2.24, 2.45) is 0 Å². The molecular formula is C16H11F2NO. The number of halogens is 2. The average molecular weight is 271 g/mol. The predicted molar refractivity (Wildman–Crippen MR) is 69.6 cm³/mol. The fourth-order valence-corrected chi connectivity index (χ4v) is 2.59. The number of fused-ring (bicyclic) bond motifs is 1. The van der Waals surface area contributed by atoms with Crippen LogP contribution in [0.4, 0.5) is 8.78 Å². The molecule has 0 saturated heterocycles. The van der Waals surface area contributed by atoms with Crippen LogP contribution < -0.4 is 4.74 Å². The van der Waals surface area contributed by atoms with Crippen LogP contribution >= 0.6 is 0 Å². The Kier molecular flexibility index (Phi) is 3.11. The van der Waals surface area contributed by atoms with Crippen LogP contribution in [0.15, 0.2) is 30.3 Å². The van der Waals surface area contributed by atoms with Crippen molar-refractivity contribution in [2.75, 3.05) is 0 Å². The van der Waals surface area contributed by atoms with E-state index in [1.807, 2.05) is 0 Å². The minimum absolute atomic E-state index is 0.126. The summed E-state index contributed by atoms with van der Waals surface area (Å²) in [5.41, 5.74) is 2.60. The van der Waals surface area contributed by atoms with Gasteiger partial charge in [-0.25, -0.2) is 8.78 Å². The van der Waals surface area contributed by atoms with E-state index in [-0.39, 0.29) is 5.75 Å². The zero-order chi connectivity index (χ0) is 14.1. The maximum Gasteiger partial charge on any atom is 0.133 e. The van der Waals surface area contributed by atoms with Crippen molar-refractivity contribution in [3.05, 3.63) is 58.7 Å². The molecule has 0 fully saturated rings. The molecule has 0 heterocycles. The fourth-order valence-electron chi connectivity index (χ4n) is 2.59. The second-order valence-corrected chi connectivity index (χ2v) is 4.74. The molecule has 4 heteroatoms. The van der Waals surface area contributed by atoms with Crippen LogP contribution in [0.25, 0.3) is 0 Å². The molecule has 0 N–H and O–H groups in total. The molecule has 100 valence electrons. The summed E-state index contributed by atoms with van der Waals surface area (Å²) in [7, 11) is 0. The molecule has 0 bridgehead atoms. The summed E-state index contributed by atoms with van der Waals surface area (Å²) >= 11 is 0. The van der Waals surface area contributed by atoms with Crippen LogP contribution in [0.2, 0.25) is 0 Å². The highest BCUT2D eigenvalue weighted by molar-refractivity contribution is 5.53. The smallest absolute Gasteiger partial charge is 0.133 e. The Balaban J connectivity index is 2.00. The molecule has 0 aromatic heterocycles. The van der Waals surface area contributed by atoms with E-state index in [1.54, 1.807) is 12.1 Å². The Bertz CT molecular complexity index is 699. The first-order chi connectivity index (χ1) is 9.67. The molecule has 0 aliphatic heterocycles. The molecule has 0 radical (unpaired) electrons. The third-order valence-electron chi connectivity index (χ3n) is 3.43. The monoisotopic (exact) mass is 271 g/mol. The fraction of sp³-hybridized carbons (Fsp3) is 0.188. The van der Waals surface area contributed by atoms with Crippen LogP contribution in [-0.4, -0.2) is 0 Å². The van der Waals surface area contributed by atoms with E-state index in [0.717, 1.165) is 48.6 Å². The van der Waals surface area contributed by atoms with Gasteiger partial charge in [-0.15, -0.1) is 0 Å². The highest BCUT2D eigenvalue weighted by atomic mass is 19.1. The lowest BCUT2D eigenvalue weighted by molar-refractivity contribution is 0.463. The van der Waals surface area contributed by atoms with Crippen LogP contribution in [0.5, 0.6) is 11.5 Å². The van der Waals surface area contributed by atoms with E-state index >= 15 is 0 Å². The number of hydrogen-bond acceptors (Lipinski definition) is 2. The second kappa shape index (κ2) is 4.93. The summed E-state index contributed by atoms with van der Waals surface area (Å²) in [5.74, 6) is -0.654. The molecule has 2 nitrogen and oxygen atoms in total. The largest absolute Gasteiger partial charge is 0.457 e. The zero-order valence-electron chi connectivity index (χ0n) is 10.6. The zero-order valence-corrected chi connectivity index (χ0v) is 10.6. The Morgan fingerprint density at radius 1 is 1.00 bits per heavy atom. The van der Waals surface area contributed by atoms with Crippen LogP contribution in [0.1, 0.15) is 23.1 Å². The van der Waals surface area contributed by atoms with E-state index < -0.39 is 11.6 Å². The van der Waals surface area contributed by atoms with Gasteiger partial charge in [-0.2, -0.15) is 5.26 Å². The van der Waals surface area contributed by atoms with E-state index in [0.29, 0.717) is 11.3 Å². The molecule has 2 aromatic carbocycles. The number of ether oxygens (including phenoxy) is 1. The Morgan fingerprint density at radius 3 is 2.40 bits per heavy atom. The van der Waals surface area contributed by atoms with Crippen LogP contribution in [-0.2, 0) is 12.8 Å². The van der Waals surface area contributed by atoms with Crippen molar-refractivity contribution in [2.45, 2.75) is 19.3 Å². The molecule has 20 heavy (non-hydrogen) atoms. The molecule has 0 atom stereocenters. The molecule has 2 aromatic rings. The lowest BCUT2D eigenvalue weighted by Crippen LogP contribution is -1.95. The van der Waals surface area contributed by atoms with Gasteiger partial charge in [0.2, 0.25) is 0 Å². The summed E-state index contributed by atoms with van der Waals surface area (Å²) in [5, 5.41) is 9.07. The van der Waals surface area contributed by atoms with Gasteiger partial charge >= 0.3 is 0 Å². The predicted octanol–water partition coefficient (Wildman–Crippen LogP) is 4.12. The van der Waals surface area contributed by atoms with E-state index in [2.05, 4.69) is 6.07 Å². The molecule has 0 spiro atoms. The topological polar surface area (TPSA) is 33.0 Å². The molecule has 1 aliphatic carbocycles. The van der Waals surface area contributed by atoms with Gasteiger partial charge in [0.25, 0.3) is 0 Å². The van der Waals surface area contributed by atoms with Crippen molar-refractivity contribution >= 4 is 0 Å². The summed E-state index contributed by atoms with van der Waals surface area (Å²) < 4.78 is 31.9. The van der Waals surface area contributed by atoms with Gasteiger partial charge in [-0.05, 0) is 42.5 Å². The maximum atomic E-state index is 13.2. The quantitative estimate of drug-likeness (QED) is 0.823. The second-order valence-electron chi connectivity index (χ2n) is 4.74. The third-order valence-corrected chi connectivity index (χ3v) is 3.43. The minimum atomic E-state index is -0.676. The lowest BCUT2D eigenvalue weighted by Gasteiger charge is -2.11. The summed E-state index contributed by atoms with van der Waals surface area (Å²) in [4.78, 5) is 0. The van der Waals surface area contributed by atoms with E-state index in [4.69, 9.17) is 10.00 Å². The van der Waals surface area contributed by atoms with Crippen LogP contribution in [0, 0.1) is 23.0 Å². The first kappa shape index (κ1) is 12.6. The molecule has 0 unspecified atom stereocenters. The normalized spacial score (nSPS) is 12.8. The Labute approximate surface area is 115 Å². The first-order valence-electron chi connectivity index (χ1n) is 6.36. The molecule has 0 amide bonds. The van der Waals surface area contributed by atoms with E-state index in [1.165, 1.54) is 0 Å². The summed E-state index contributed by atoms with van der Waals surface area (Å²) in [6.07, 6.45) is 2.62. The SMILES string of the molecule is N#Cc1ccc(Oc2cc(F)cc(F)c2)c2c1CCC2. The van der Waals surface area contributed by atoms with Gasteiger partial charge in [0, 0.05) is 18.2 Å². The van der Waals surface area contributed by atoms with Gasteiger partial charge in [0.15, 0.2) is 0 Å².